The summed E-state index contributed by atoms with van der Waals surface area (Å²) in [5.41, 5.74) is 0.577. The van der Waals surface area contributed by atoms with Gasteiger partial charge < -0.3 is 5.11 Å². The van der Waals surface area contributed by atoms with Crippen LogP contribution in [0.4, 0.5) is 5.69 Å². The fourth-order valence-corrected chi connectivity index (χ4v) is 3.33. The van der Waals surface area contributed by atoms with E-state index in [2.05, 4.69) is 0 Å². The van der Waals surface area contributed by atoms with Gasteiger partial charge in [0.25, 0.3) is 5.91 Å². The van der Waals surface area contributed by atoms with Crippen LogP contribution in [0.1, 0.15) is 44.1 Å². The van der Waals surface area contributed by atoms with Crippen molar-refractivity contribution in [2.45, 2.75) is 43.9 Å². The first kappa shape index (κ1) is 14.1. The number of benzene rings is 1. The highest BCUT2D eigenvalue weighted by Gasteiger charge is 2.41. The summed E-state index contributed by atoms with van der Waals surface area (Å²) in [6, 6.07) is 7.23. The fourth-order valence-electron chi connectivity index (χ4n) is 3.33. The second-order valence-corrected chi connectivity index (χ2v) is 5.77. The van der Waals surface area contributed by atoms with Gasteiger partial charge in [-0.2, -0.15) is 5.06 Å². The minimum Gasteiger partial charge on any atom is -0.481 e. The minimum atomic E-state index is -0.822. The van der Waals surface area contributed by atoms with E-state index in [0.29, 0.717) is 31.6 Å². The summed E-state index contributed by atoms with van der Waals surface area (Å²) >= 11 is 0. The molecule has 1 heterocycles. The molecular weight excluding hydrogens is 270 g/mol. The zero-order valence-corrected chi connectivity index (χ0v) is 11.9. The lowest BCUT2D eigenvalue weighted by atomic mass is 9.69. The highest BCUT2D eigenvalue weighted by molar-refractivity contribution is 5.93. The topological polar surface area (TPSA) is 66.8 Å². The van der Waals surface area contributed by atoms with Crippen LogP contribution in [0.5, 0.6) is 0 Å². The van der Waals surface area contributed by atoms with E-state index in [4.69, 9.17) is 4.84 Å². The largest absolute Gasteiger partial charge is 0.481 e. The summed E-state index contributed by atoms with van der Waals surface area (Å²) in [5.74, 6) is -0.854. The SMILES string of the molecule is O=C1CCON1c1cccc(C2(C(=O)O)CCCCC2)c1. The third-order valence-electron chi connectivity index (χ3n) is 4.51. The predicted molar refractivity (Wildman–Crippen MR) is 76.9 cm³/mol. The van der Waals surface area contributed by atoms with Crippen molar-refractivity contribution in [1.29, 1.82) is 0 Å². The highest BCUT2D eigenvalue weighted by Crippen LogP contribution is 2.41. The number of aliphatic carboxylic acids is 1. The van der Waals surface area contributed by atoms with Crippen LogP contribution in [0.15, 0.2) is 24.3 Å². The van der Waals surface area contributed by atoms with Crippen LogP contribution >= 0.6 is 0 Å². The molecule has 1 aliphatic heterocycles. The van der Waals surface area contributed by atoms with E-state index >= 15 is 0 Å². The number of anilines is 1. The summed E-state index contributed by atoms with van der Waals surface area (Å²) in [6.45, 7) is 0.382. The zero-order valence-electron chi connectivity index (χ0n) is 11.9. The van der Waals surface area contributed by atoms with Gasteiger partial charge in [-0.3, -0.25) is 14.4 Å². The number of hydroxylamine groups is 1. The molecule has 1 amide bonds. The highest BCUT2D eigenvalue weighted by atomic mass is 16.7. The molecule has 0 unspecified atom stereocenters. The monoisotopic (exact) mass is 289 g/mol. The van der Waals surface area contributed by atoms with Crippen LogP contribution in [0.2, 0.25) is 0 Å². The predicted octanol–water partition coefficient (Wildman–Crippen LogP) is 2.64. The van der Waals surface area contributed by atoms with Crippen LogP contribution < -0.4 is 5.06 Å². The summed E-state index contributed by atoms with van der Waals surface area (Å²) in [5, 5.41) is 11.0. The molecule has 2 aliphatic rings. The first-order chi connectivity index (χ1) is 10.1. The number of rotatable bonds is 3. The molecule has 1 saturated carbocycles. The van der Waals surface area contributed by atoms with Gasteiger partial charge in [0.15, 0.2) is 0 Å². The molecule has 2 fully saturated rings. The molecule has 21 heavy (non-hydrogen) atoms. The van der Waals surface area contributed by atoms with Crippen LogP contribution in [0, 0.1) is 0 Å². The van der Waals surface area contributed by atoms with E-state index in [1.807, 2.05) is 6.07 Å². The van der Waals surface area contributed by atoms with Gasteiger partial charge in [0, 0.05) is 0 Å². The Bertz CT molecular complexity index is 563. The molecule has 1 aromatic carbocycles. The molecule has 3 rings (SSSR count). The lowest BCUT2D eigenvalue weighted by molar-refractivity contribution is -0.145. The van der Waals surface area contributed by atoms with Crippen molar-refractivity contribution < 1.29 is 19.5 Å². The van der Waals surface area contributed by atoms with Gasteiger partial charge in [0.2, 0.25) is 0 Å². The first-order valence-electron chi connectivity index (χ1n) is 7.43. The molecule has 1 aromatic rings. The van der Waals surface area contributed by atoms with E-state index < -0.39 is 11.4 Å². The Balaban J connectivity index is 1.97. The summed E-state index contributed by atoms with van der Waals surface area (Å²) in [4.78, 5) is 28.9. The van der Waals surface area contributed by atoms with Gasteiger partial charge in [-0.05, 0) is 30.5 Å². The second kappa shape index (κ2) is 5.48. The van der Waals surface area contributed by atoms with E-state index in [-0.39, 0.29) is 5.91 Å². The third kappa shape index (κ3) is 2.42. The van der Waals surface area contributed by atoms with Crippen molar-refractivity contribution in [3.8, 4) is 0 Å². The normalized spacial score (nSPS) is 21.5. The van der Waals surface area contributed by atoms with E-state index in [1.54, 1.807) is 18.2 Å². The van der Waals surface area contributed by atoms with E-state index in [0.717, 1.165) is 24.8 Å². The maximum absolute atomic E-state index is 11.9. The van der Waals surface area contributed by atoms with Crippen LogP contribution in [0.25, 0.3) is 0 Å². The van der Waals surface area contributed by atoms with Gasteiger partial charge in [-0.1, -0.05) is 31.4 Å². The van der Waals surface area contributed by atoms with Gasteiger partial charge in [-0.15, -0.1) is 0 Å². The second-order valence-electron chi connectivity index (χ2n) is 5.77. The van der Waals surface area contributed by atoms with Crippen molar-refractivity contribution in [2.75, 3.05) is 11.7 Å². The summed E-state index contributed by atoms with van der Waals surface area (Å²) < 4.78 is 0. The molecule has 0 aromatic heterocycles. The molecule has 0 bridgehead atoms. The summed E-state index contributed by atoms with van der Waals surface area (Å²) in [6.07, 6.45) is 4.61. The lowest BCUT2D eigenvalue weighted by Gasteiger charge is -2.34. The molecule has 0 radical (unpaired) electrons. The average Bonchev–Trinajstić information content (AvgIpc) is 2.94. The van der Waals surface area contributed by atoms with Crippen molar-refractivity contribution in [2.24, 2.45) is 0 Å². The van der Waals surface area contributed by atoms with Crippen molar-refractivity contribution >= 4 is 17.6 Å². The van der Waals surface area contributed by atoms with Crippen molar-refractivity contribution in [3.05, 3.63) is 29.8 Å². The van der Waals surface area contributed by atoms with Gasteiger partial charge in [0.1, 0.15) is 0 Å². The fraction of sp³-hybridized carbons (Fsp3) is 0.500. The van der Waals surface area contributed by atoms with E-state index in [1.165, 1.54) is 5.06 Å². The van der Waals surface area contributed by atoms with Gasteiger partial charge >= 0.3 is 5.97 Å². The summed E-state index contributed by atoms with van der Waals surface area (Å²) in [7, 11) is 0. The Kier molecular flexibility index (Phi) is 3.68. The number of hydrogen-bond donors (Lipinski definition) is 1. The maximum Gasteiger partial charge on any atom is 0.314 e. The van der Waals surface area contributed by atoms with E-state index in [9.17, 15) is 14.7 Å². The smallest absolute Gasteiger partial charge is 0.314 e. The number of carbonyl (C=O) groups is 2. The molecular formula is C16H19NO4. The quantitative estimate of drug-likeness (QED) is 0.929. The Labute approximate surface area is 123 Å². The number of carbonyl (C=O) groups excluding carboxylic acids is 1. The number of amides is 1. The maximum atomic E-state index is 11.9. The lowest BCUT2D eigenvalue weighted by Crippen LogP contribution is -2.38. The molecule has 112 valence electrons. The molecule has 0 spiro atoms. The number of carboxylic acids is 1. The van der Waals surface area contributed by atoms with Crippen LogP contribution in [-0.2, 0) is 19.8 Å². The zero-order chi connectivity index (χ0) is 14.9. The standard InChI is InChI=1S/C16H19NO4/c18-14-7-10-21-17(14)13-6-4-5-12(11-13)16(15(19)20)8-2-1-3-9-16/h4-6,11H,1-3,7-10H2,(H,19,20). The number of hydrogen-bond acceptors (Lipinski definition) is 3. The van der Waals surface area contributed by atoms with Crippen molar-refractivity contribution in [1.82, 2.24) is 0 Å². The first-order valence-corrected chi connectivity index (χ1v) is 7.43. The Morgan fingerprint density at radius 2 is 2.00 bits per heavy atom. The number of carboxylic acid groups (broad SMARTS) is 1. The Morgan fingerprint density at radius 3 is 2.62 bits per heavy atom. The Morgan fingerprint density at radius 1 is 1.24 bits per heavy atom. The van der Waals surface area contributed by atoms with Gasteiger partial charge in [-0.25, -0.2) is 0 Å². The Hall–Kier alpha value is -1.88. The minimum absolute atomic E-state index is 0.0832. The molecule has 0 atom stereocenters. The van der Waals surface area contributed by atoms with Crippen LogP contribution in [-0.4, -0.2) is 23.6 Å². The number of nitrogens with zero attached hydrogens (tertiary/aromatic N) is 1. The van der Waals surface area contributed by atoms with Crippen molar-refractivity contribution in [3.63, 3.8) is 0 Å². The average molecular weight is 289 g/mol. The molecule has 5 nitrogen and oxygen atoms in total. The van der Waals surface area contributed by atoms with Gasteiger partial charge in [0.05, 0.1) is 24.1 Å². The molecule has 1 saturated heterocycles. The third-order valence-corrected chi connectivity index (χ3v) is 4.51. The molecule has 1 N–H and O–H groups in total. The molecule has 1 aliphatic carbocycles. The van der Waals surface area contributed by atoms with Crippen LogP contribution in [0.3, 0.4) is 0 Å². The molecule has 5 heteroatoms.